The summed E-state index contributed by atoms with van der Waals surface area (Å²) in [6, 6.07) is 2.05. The van der Waals surface area contributed by atoms with Gasteiger partial charge in [-0.1, -0.05) is 13.8 Å². The van der Waals surface area contributed by atoms with E-state index in [1.54, 1.807) is 4.68 Å². The lowest BCUT2D eigenvalue weighted by Gasteiger charge is -2.12. The minimum Gasteiger partial charge on any atom is -0.374 e. The molecule has 1 aromatic heterocycles. The molecule has 0 radical (unpaired) electrons. The van der Waals surface area contributed by atoms with E-state index in [1.807, 2.05) is 0 Å². The fraction of sp³-hybridized carbons (Fsp3) is 0.385. The zero-order valence-electron chi connectivity index (χ0n) is 11.2. The van der Waals surface area contributed by atoms with E-state index in [4.69, 9.17) is 0 Å². The van der Waals surface area contributed by atoms with Crippen LogP contribution in [-0.2, 0) is 13.1 Å². The van der Waals surface area contributed by atoms with Crippen LogP contribution >= 0.6 is 15.9 Å². The fourth-order valence-corrected chi connectivity index (χ4v) is 2.35. The smallest absolute Gasteiger partial charge is 0.150 e. The maximum Gasteiger partial charge on any atom is 0.150 e. The molecule has 0 aliphatic heterocycles. The molecule has 0 unspecified atom stereocenters. The molecule has 108 valence electrons. The molecule has 0 spiro atoms. The van der Waals surface area contributed by atoms with E-state index in [0.717, 1.165) is 12.6 Å². The average molecular weight is 345 g/mol. The summed E-state index contributed by atoms with van der Waals surface area (Å²) in [6.45, 7) is 5.21. The summed E-state index contributed by atoms with van der Waals surface area (Å²) in [7, 11) is 0. The van der Waals surface area contributed by atoms with E-state index in [2.05, 4.69) is 45.2 Å². The van der Waals surface area contributed by atoms with Gasteiger partial charge in [0.25, 0.3) is 0 Å². The van der Waals surface area contributed by atoms with E-state index in [-0.39, 0.29) is 5.69 Å². The van der Waals surface area contributed by atoms with Crippen LogP contribution in [0.5, 0.6) is 0 Å². The predicted octanol–water partition coefficient (Wildman–Crippen LogP) is 3.59. The van der Waals surface area contributed by atoms with Crippen LogP contribution in [-0.4, -0.2) is 14.8 Å². The van der Waals surface area contributed by atoms with Gasteiger partial charge in [-0.3, -0.25) is 0 Å². The van der Waals surface area contributed by atoms with Gasteiger partial charge in [0.2, 0.25) is 0 Å². The van der Waals surface area contributed by atoms with Gasteiger partial charge < -0.3 is 5.32 Å². The molecule has 2 rings (SSSR count). The lowest BCUT2D eigenvalue weighted by Crippen LogP contribution is -2.14. The van der Waals surface area contributed by atoms with E-state index < -0.39 is 11.6 Å². The first kappa shape index (κ1) is 14.9. The van der Waals surface area contributed by atoms with Crippen LogP contribution in [0.4, 0.5) is 14.5 Å². The summed E-state index contributed by atoms with van der Waals surface area (Å²) in [5.74, 6) is -0.131. The van der Waals surface area contributed by atoms with Gasteiger partial charge in [0.15, 0.2) is 0 Å². The Morgan fingerprint density at radius 2 is 2.10 bits per heavy atom. The minimum absolute atomic E-state index is 0.213. The maximum atomic E-state index is 13.7. The molecule has 0 bridgehead atoms. The number of halogens is 3. The Labute approximate surface area is 124 Å². The van der Waals surface area contributed by atoms with Gasteiger partial charge in [0, 0.05) is 17.1 Å². The van der Waals surface area contributed by atoms with Crippen LogP contribution in [0.15, 0.2) is 22.9 Å². The van der Waals surface area contributed by atoms with Crippen molar-refractivity contribution in [3.63, 3.8) is 0 Å². The Morgan fingerprint density at radius 1 is 1.35 bits per heavy atom. The van der Waals surface area contributed by atoms with Crippen LogP contribution in [0.3, 0.4) is 0 Å². The van der Waals surface area contributed by atoms with Crippen molar-refractivity contribution in [3.05, 3.63) is 40.4 Å². The summed E-state index contributed by atoms with van der Waals surface area (Å²) in [5, 5.41) is 7.04. The third-order valence-electron chi connectivity index (χ3n) is 2.66. The highest BCUT2D eigenvalue weighted by Gasteiger charge is 2.11. The number of rotatable bonds is 5. The summed E-state index contributed by atoms with van der Waals surface area (Å²) in [6.07, 6.45) is 1.47. The summed E-state index contributed by atoms with van der Waals surface area (Å²) >= 11 is 3.14. The highest BCUT2D eigenvalue weighted by molar-refractivity contribution is 9.10. The third-order valence-corrected chi connectivity index (χ3v) is 3.29. The third kappa shape index (κ3) is 3.53. The standard InChI is InChI=1S/C13H15BrF2N4/c1-8(2)6-20-12(18-7-19-20)5-17-13-10(14)3-9(15)4-11(13)16/h3-4,7-8,17H,5-6H2,1-2H3. The van der Waals surface area contributed by atoms with Crippen molar-refractivity contribution in [3.8, 4) is 0 Å². The summed E-state index contributed by atoms with van der Waals surface area (Å²) < 4.78 is 28.8. The van der Waals surface area contributed by atoms with Gasteiger partial charge in [-0.05, 0) is 27.9 Å². The van der Waals surface area contributed by atoms with Gasteiger partial charge in [-0.15, -0.1) is 0 Å². The van der Waals surface area contributed by atoms with Crippen molar-refractivity contribution in [2.45, 2.75) is 26.9 Å². The second-order valence-corrected chi connectivity index (χ2v) is 5.70. The van der Waals surface area contributed by atoms with Crippen molar-refractivity contribution in [2.24, 2.45) is 5.92 Å². The number of hydrogen-bond acceptors (Lipinski definition) is 3. The van der Waals surface area contributed by atoms with Crippen LogP contribution < -0.4 is 5.32 Å². The van der Waals surface area contributed by atoms with Gasteiger partial charge in [-0.25, -0.2) is 18.4 Å². The number of nitrogens with one attached hydrogen (secondary N) is 1. The van der Waals surface area contributed by atoms with Crippen LogP contribution in [0.1, 0.15) is 19.7 Å². The number of nitrogens with zero attached hydrogens (tertiary/aromatic N) is 3. The fourth-order valence-electron chi connectivity index (χ4n) is 1.80. The van der Waals surface area contributed by atoms with Crippen molar-refractivity contribution in [1.29, 1.82) is 0 Å². The molecule has 1 N–H and O–H groups in total. The normalized spacial score (nSPS) is 11.1. The quantitative estimate of drug-likeness (QED) is 0.901. The monoisotopic (exact) mass is 344 g/mol. The second-order valence-electron chi connectivity index (χ2n) is 4.85. The molecule has 0 saturated heterocycles. The molecule has 4 nitrogen and oxygen atoms in total. The van der Waals surface area contributed by atoms with Crippen molar-refractivity contribution in [2.75, 3.05) is 5.32 Å². The number of benzene rings is 1. The molecular weight excluding hydrogens is 330 g/mol. The Morgan fingerprint density at radius 3 is 2.75 bits per heavy atom. The number of anilines is 1. The Balaban J connectivity index is 2.12. The molecule has 7 heteroatoms. The van der Waals surface area contributed by atoms with E-state index in [1.165, 1.54) is 12.4 Å². The number of hydrogen-bond donors (Lipinski definition) is 1. The second kappa shape index (κ2) is 6.30. The zero-order chi connectivity index (χ0) is 14.7. The predicted molar refractivity (Wildman–Crippen MR) is 76.2 cm³/mol. The van der Waals surface area contributed by atoms with Gasteiger partial charge in [0.05, 0.1) is 12.2 Å². The van der Waals surface area contributed by atoms with Crippen LogP contribution in [0.2, 0.25) is 0 Å². The molecule has 0 aliphatic carbocycles. The molecule has 20 heavy (non-hydrogen) atoms. The Hall–Kier alpha value is -1.50. The van der Waals surface area contributed by atoms with E-state index in [9.17, 15) is 8.78 Å². The number of aromatic nitrogens is 3. The summed E-state index contributed by atoms with van der Waals surface area (Å²) in [4.78, 5) is 4.14. The average Bonchev–Trinajstić information content (AvgIpc) is 2.74. The first-order chi connectivity index (χ1) is 9.47. The lowest BCUT2D eigenvalue weighted by atomic mass is 10.2. The first-order valence-corrected chi connectivity index (χ1v) is 7.01. The van der Waals surface area contributed by atoms with Gasteiger partial charge in [-0.2, -0.15) is 5.10 Å². The summed E-state index contributed by atoms with van der Waals surface area (Å²) in [5.41, 5.74) is 0.213. The lowest BCUT2D eigenvalue weighted by molar-refractivity contribution is 0.468. The molecule has 2 aromatic rings. The topological polar surface area (TPSA) is 42.7 Å². The Kier molecular flexibility index (Phi) is 4.69. The van der Waals surface area contributed by atoms with Crippen molar-refractivity contribution in [1.82, 2.24) is 14.8 Å². The zero-order valence-corrected chi connectivity index (χ0v) is 12.8. The molecule has 0 atom stereocenters. The van der Waals surface area contributed by atoms with E-state index >= 15 is 0 Å². The molecule has 0 saturated carbocycles. The molecular formula is C13H15BrF2N4. The molecule has 0 aliphatic rings. The van der Waals surface area contributed by atoms with Gasteiger partial charge in [0.1, 0.15) is 23.8 Å². The van der Waals surface area contributed by atoms with Gasteiger partial charge >= 0.3 is 0 Å². The SMILES string of the molecule is CC(C)Cn1ncnc1CNc1c(F)cc(F)cc1Br. The Bertz CT molecular complexity index is 575. The van der Waals surface area contributed by atoms with Crippen molar-refractivity contribution >= 4 is 21.6 Å². The van der Waals surface area contributed by atoms with Crippen LogP contribution in [0.25, 0.3) is 0 Å². The highest BCUT2D eigenvalue weighted by Crippen LogP contribution is 2.27. The molecule has 0 amide bonds. The largest absolute Gasteiger partial charge is 0.374 e. The molecule has 1 heterocycles. The molecule has 0 fully saturated rings. The van der Waals surface area contributed by atoms with E-state index in [0.29, 0.717) is 22.8 Å². The highest BCUT2D eigenvalue weighted by atomic mass is 79.9. The molecule has 1 aromatic carbocycles. The first-order valence-electron chi connectivity index (χ1n) is 6.22. The minimum atomic E-state index is -0.646. The maximum absolute atomic E-state index is 13.7. The van der Waals surface area contributed by atoms with Crippen LogP contribution in [0, 0.1) is 17.6 Å². The van der Waals surface area contributed by atoms with Crippen molar-refractivity contribution < 1.29 is 8.78 Å².